The van der Waals surface area contributed by atoms with E-state index >= 15 is 0 Å². The second-order valence-electron chi connectivity index (χ2n) is 10.8. The lowest BCUT2D eigenvalue weighted by molar-refractivity contribution is -0.131. The average molecular weight is 576 g/mol. The number of hydrazine groups is 2. The van der Waals surface area contributed by atoms with Crippen molar-refractivity contribution in [2.75, 3.05) is 18.0 Å². The van der Waals surface area contributed by atoms with Crippen LogP contribution in [0, 0.1) is 0 Å². The highest BCUT2D eigenvalue weighted by Crippen LogP contribution is 2.39. The van der Waals surface area contributed by atoms with E-state index in [0.29, 0.717) is 32.4 Å². The molecule has 11 nitrogen and oxygen atoms in total. The van der Waals surface area contributed by atoms with Crippen LogP contribution in [-0.2, 0) is 38.4 Å². The third-order valence-corrected chi connectivity index (χ3v) is 8.96. The first-order valence-corrected chi connectivity index (χ1v) is 14.8. The standard InChI is InChI=1S/C29H33N7O4S/c1-16(32-25(37)12-19-15-41-24-8-3-2-7-21(19)24)27(38)33-22-10-9-17-5-4-6-18-11-23(36(26(17)18)29(22)40)28(39)30-13-20-14-31-35-34-20/h2-8,15-16,20,22-23,31,34-35H,9-14H2,1H3,(H,30,39)(H,32,37)(H,33,38)/t16-,20?,22-,23-/m0/s1. The molecule has 1 aromatic heterocycles. The van der Waals surface area contributed by atoms with Crippen LogP contribution in [0.1, 0.15) is 30.0 Å². The number of aryl methyl sites for hydroxylation is 1. The number of carbonyl (C=O) groups excluding carboxylic acids is 4. The molecule has 3 aliphatic heterocycles. The molecule has 0 spiro atoms. The summed E-state index contributed by atoms with van der Waals surface area (Å²) in [6.45, 7) is 2.67. The van der Waals surface area contributed by atoms with Crippen molar-refractivity contribution in [2.45, 2.75) is 56.8 Å². The van der Waals surface area contributed by atoms with E-state index in [1.54, 1.807) is 23.2 Å². The van der Waals surface area contributed by atoms with Gasteiger partial charge in [0.1, 0.15) is 18.1 Å². The normalized spacial score (nSPS) is 22.2. The summed E-state index contributed by atoms with van der Waals surface area (Å²) in [5.41, 5.74) is 12.4. The number of amides is 4. The average Bonchev–Trinajstić information content (AvgIpc) is 3.71. The highest BCUT2D eigenvalue weighted by Gasteiger charge is 2.44. The van der Waals surface area contributed by atoms with Gasteiger partial charge in [-0.1, -0.05) is 36.4 Å². The highest BCUT2D eigenvalue weighted by atomic mass is 32.1. The zero-order valence-electron chi connectivity index (χ0n) is 22.7. The summed E-state index contributed by atoms with van der Waals surface area (Å²) in [5, 5.41) is 11.6. The van der Waals surface area contributed by atoms with Crippen LogP contribution in [-0.4, -0.2) is 60.9 Å². The molecule has 1 unspecified atom stereocenters. The number of carbonyl (C=O) groups is 4. The van der Waals surface area contributed by atoms with Crippen molar-refractivity contribution < 1.29 is 19.2 Å². The number of hydrogen-bond donors (Lipinski definition) is 6. The Morgan fingerprint density at radius 3 is 2.78 bits per heavy atom. The number of hydrogen-bond acceptors (Lipinski definition) is 8. The quantitative estimate of drug-likeness (QED) is 0.229. The lowest BCUT2D eigenvalue weighted by Gasteiger charge is -2.28. The fourth-order valence-electron chi connectivity index (χ4n) is 5.82. The molecule has 4 amide bonds. The molecular formula is C29H33N7O4S. The molecule has 2 aromatic carbocycles. The summed E-state index contributed by atoms with van der Waals surface area (Å²) in [7, 11) is 0. The van der Waals surface area contributed by atoms with Crippen molar-refractivity contribution in [1.29, 1.82) is 0 Å². The predicted molar refractivity (Wildman–Crippen MR) is 156 cm³/mol. The fourth-order valence-corrected chi connectivity index (χ4v) is 6.78. The summed E-state index contributed by atoms with van der Waals surface area (Å²) >= 11 is 1.58. The van der Waals surface area contributed by atoms with Gasteiger partial charge in [-0.2, -0.15) is 5.53 Å². The van der Waals surface area contributed by atoms with Crippen molar-refractivity contribution in [2.24, 2.45) is 0 Å². The monoisotopic (exact) mass is 575 g/mol. The maximum atomic E-state index is 13.9. The van der Waals surface area contributed by atoms with E-state index in [9.17, 15) is 19.2 Å². The fraction of sp³-hybridized carbons (Fsp3) is 0.379. The number of nitrogens with one attached hydrogen (secondary N) is 6. The van der Waals surface area contributed by atoms with Gasteiger partial charge in [0.2, 0.25) is 23.6 Å². The van der Waals surface area contributed by atoms with Crippen molar-refractivity contribution in [3.05, 3.63) is 64.5 Å². The third kappa shape index (κ3) is 5.55. The first kappa shape index (κ1) is 27.3. The van der Waals surface area contributed by atoms with Gasteiger partial charge in [0.25, 0.3) is 0 Å². The van der Waals surface area contributed by atoms with Crippen LogP contribution < -0.4 is 37.2 Å². The minimum absolute atomic E-state index is 0.0281. The molecule has 4 heterocycles. The molecule has 0 bridgehead atoms. The molecule has 12 heteroatoms. The molecule has 0 aliphatic carbocycles. The van der Waals surface area contributed by atoms with Gasteiger partial charge in [-0.05, 0) is 53.3 Å². The summed E-state index contributed by atoms with van der Waals surface area (Å²) in [6, 6.07) is 11.4. The molecule has 41 heavy (non-hydrogen) atoms. The SMILES string of the molecule is C[C@H](NC(=O)Cc1csc2ccccc12)C(=O)N[C@H]1CCc2cccc3c2N(C1=O)[C@H](C(=O)NCC1CNNN1)C3. The van der Waals surface area contributed by atoms with Crippen LogP contribution >= 0.6 is 11.3 Å². The van der Waals surface area contributed by atoms with E-state index in [2.05, 4.69) is 32.3 Å². The lowest BCUT2D eigenvalue weighted by Crippen LogP contribution is -2.57. The first-order valence-electron chi connectivity index (χ1n) is 13.9. The Hall–Kier alpha value is -3.84. The van der Waals surface area contributed by atoms with Crippen LogP contribution in [0.4, 0.5) is 5.69 Å². The number of anilines is 1. The molecule has 6 rings (SSSR count). The number of nitrogens with zero attached hydrogens (tertiary/aromatic N) is 1. The second kappa shape index (κ2) is 11.6. The van der Waals surface area contributed by atoms with E-state index in [1.807, 2.05) is 47.8 Å². The zero-order valence-corrected chi connectivity index (χ0v) is 23.5. The Morgan fingerprint density at radius 1 is 1.12 bits per heavy atom. The minimum atomic E-state index is -0.833. The lowest BCUT2D eigenvalue weighted by atomic mass is 10.0. The summed E-state index contributed by atoms with van der Waals surface area (Å²) in [5.74, 6) is -1.25. The van der Waals surface area contributed by atoms with Gasteiger partial charge in [0.05, 0.1) is 18.2 Å². The Morgan fingerprint density at radius 2 is 1.95 bits per heavy atom. The highest BCUT2D eigenvalue weighted by molar-refractivity contribution is 7.17. The maximum absolute atomic E-state index is 13.9. The van der Waals surface area contributed by atoms with Gasteiger partial charge in [-0.15, -0.1) is 11.3 Å². The van der Waals surface area contributed by atoms with Crippen molar-refractivity contribution in [3.8, 4) is 0 Å². The van der Waals surface area contributed by atoms with Crippen molar-refractivity contribution >= 4 is 50.7 Å². The van der Waals surface area contributed by atoms with E-state index in [1.165, 1.54) is 0 Å². The van der Waals surface area contributed by atoms with Gasteiger partial charge in [0.15, 0.2) is 0 Å². The Kier molecular flexibility index (Phi) is 7.71. The number of thiophene rings is 1. The van der Waals surface area contributed by atoms with Gasteiger partial charge < -0.3 is 16.0 Å². The summed E-state index contributed by atoms with van der Waals surface area (Å²) in [4.78, 5) is 54.7. The molecule has 3 aromatic rings. The Labute approximate surface area is 241 Å². The van der Waals surface area contributed by atoms with Gasteiger partial charge in [0, 0.05) is 24.2 Å². The number of benzene rings is 2. The molecular weight excluding hydrogens is 542 g/mol. The minimum Gasteiger partial charge on any atom is -0.353 e. The van der Waals surface area contributed by atoms with Gasteiger partial charge >= 0.3 is 0 Å². The van der Waals surface area contributed by atoms with Gasteiger partial charge in [-0.25, -0.2) is 10.9 Å². The number of para-hydroxylation sites is 1. The van der Waals surface area contributed by atoms with Crippen molar-refractivity contribution in [1.82, 2.24) is 32.3 Å². The van der Waals surface area contributed by atoms with E-state index < -0.39 is 24.0 Å². The smallest absolute Gasteiger partial charge is 0.250 e. The largest absolute Gasteiger partial charge is 0.353 e. The molecule has 6 N–H and O–H groups in total. The summed E-state index contributed by atoms with van der Waals surface area (Å²) in [6.07, 6.45) is 1.56. The Balaban J connectivity index is 1.11. The molecule has 3 aliphatic rings. The van der Waals surface area contributed by atoms with E-state index in [0.717, 1.165) is 32.5 Å². The topological polar surface area (TPSA) is 144 Å². The van der Waals surface area contributed by atoms with Crippen LogP contribution in [0.15, 0.2) is 47.8 Å². The second-order valence-corrected chi connectivity index (χ2v) is 11.7. The van der Waals surface area contributed by atoms with E-state index in [-0.39, 0.29) is 30.2 Å². The number of rotatable bonds is 8. The first-order chi connectivity index (χ1) is 19.9. The van der Waals surface area contributed by atoms with Crippen LogP contribution in [0.2, 0.25) is 0 Å². The van der Waals surface area contributed by atoms with Crippen LogP contribution in [0.5, 0.6) is 0 Å². The molecule has 214 valence electrons. The van der Waals surface area contributed by atoms with Gasteiger partial charge in [-0.3, -0.25) is 24.1 Å². The van der Waals surface area contributed by atoms with E-state index in [4.69, 9.17) is 0 Å². The third-order valence-electron chi connectivity index (χ3n) is 7.94. The van der Waals surface area contributed by atoms with Crippen LogP contribution in [0.3, 0.4) is 0 Å². The Bertz CT molecular complexity index is 1500. The van der Waals surface area contributed by atoms with Crippen LogP contribution in [0.25, 0.3) is 10.1 Å². The van der Waals surface area contributed by atoms with Crippen molar-refractivity contribution in [3.63, 3.8) is 0 Å². The molecule has 1 saturated heterocycles. The summed E-state index contributed by atoms with van der Waals surface area (Å²) < 4.78 is 1.11. The molecule has 1 fully saturated rings. The molecule has 4 atom stereocenters. The molecule has 0 saturated carbocycles. The molecule has 0 radical (unpaired) electrons. The predicted octanol–water partition coefficient (Wildman–Crippen LogP) is 0.435. The number of fused-ring (bicyclic) bond motifs is 1. The zero-order chi connectivity index (χ0) is 28.5. The maximum Gasteiger partial charge on any atom is 0.250 e.